The van der Waals surface area contributed by atoms with Crippen LogP contribution in [0.5, 0.6) is 0 Å². The average molecular weight is 126 g/mol. The van der Waals surface area contributed by atoms with Gasteiger partial charge in [-0.15, -0.1) is 0 Å². The molecule has 0 aromatic rings. The van der Waals surface area contributed by atoms with Gasteiger partial charge in [-0.3, -0.25) is 0 Å². The quantitative estimate of drug-likeness (QED) is 0.428. The minimum atomic E-state index is 1.20. The number of hydrogen-bond donors (Lipinski definition) is 1. The van der Waals surface area contributed by atoms with E-state index in [1.807, 2.05) is 0 Å². The van der Waals surface area contributed by atoms with E-state index >= 15 is 0 Å². The SMILES string of the molecule is BN1CCCNCCC1. The molecule has 1 heterocycles. The van der Waals surface area contributed by atoms with Crippen LogP contribution in [0.4, 0.5) is 0 Å². The first-order chi connectivity index (χ1) is 4.39. The lowest BCUT2D eigenvalue weighted by Gasteiger charge is -2.19. The van der Waals surface area contributed by atoms with Crippen molar-refractivity contribution < 1.29 is 0 Å². The van der Waals surface area contributed by atoms with Crippen LogP contribution in [0.2, 0.25) is 0 Å². The van der Waals surface area contributed by atoms with Gasteiger partial charge in [0.2, 0.25) is 0 Å². The van der Waals surface area contributed by atoms with E-state index < -0.39 is 0 Å². The summed E-state index contributed by atoms with van der Waals surface area (Å²) in [6, 6.07) is 0. The number of rotatable bonds is 0. The Hall–Kier alpha value is -0.0151. The topological polar surface area (TPSA) is 15.3 Å². The fourth-order valence-electron chi connectivity index (χ4n) is 1.18. The highest BCUT2D eigenvalue weighted by Crippen LogP contribution is 1.91. The molecule has 1 N–H and O–H groups in total. The largest absolute Gasteiger partial charge is 0.349 e. The van der Waals surface area contributed by atoms with Crippen LogP contribution in [0.1, 0.15) is 12.8 Å². The lowest BCUT2D eigenvalue weighted by atomic mass is 10.2. The van der Waals surface area contributed by atoms with Gasteiger partial charge in [-0.2, -0.15) is 0 Å². The first kappa shape index (κ1) is 7.10. The Kier molecular flexibility index (Phi) is 3.08. The molecule has 1 aliphatic heterocycles. The lowest BCUT2D eigenvalue weighted by molar-refractivity contribution is 0.395. The summed E-state index contributed by atoms with van der Waals surface area (Å²) in [5.41, 5.74) is 0. The summed E-state index contributed by atoms with van der Waals surface area (Å²) in [5.74, 6) is 0. The number of nitrogens with one attached hydrogen (secondary N) is 1. The minimum absolute atomic E-state index is 1.20. The van der Waals surface area contributed by atoms with Gasteiger partial charge in [0.25, 0.3) is 0 Å². The van der Waals surface area contributed by atoms with Gasteiger partial charge in [0, 0.05) is 0 Å². The van der Waals surface area contributed by atoms with Crippen molar-refractivity contribution in [1.29, 1.82) is 0 Å². The summed E-state index contributed by atoms with van der Waals surface area (Å²) >= 11 is 0. The summed E-state index contributed by atoms with van der Waals surface area (Å²) < 4.78 is 0. The predicted octanol–water partition coefficient (Wildman–Crippen LogP) is -0.780. The van der Waals surface area contributed by atoms with E-state index in [9.17, 15) is 0 Å². The molecule has 1 rings (SSSR count). The van der Waals surface area contributed by atoms with E-state index in [-0.39, 0.29) is 0 Å². The van der Waals surface area contributed by atoms with Gasteiger partial charge in [0.15, 0.2) is 7.98 Å². The van der Waals surface area contributed by atoms with Crippen molar-refractivity contribution >= 4 is 7.98 Å². The van der Waals surface area contributed by atoms with Crippen LogP contribution in [0.3, 0.4) is 0 Å². The maximum absolute atomic E-state index is 3.38. The normalized spacial score (nSPS) is 24.9. The van der Waals surface area contributed by atoms with Gasteiger partial charge >= 0.3 is 0 Å². The van der Waals surface area contributed by atoms with Gasteiger partial charge in [0.1, 0.15) is 0 Å². The Bertz CT molecular complexity index is 69.5. The second kappa shape index (κ2) is 3.91. The molecule has 0 atom stereocenters. The molecule has 9 heavy (non-hydrogen) atoms. The maximum atomic E-state index is 3.38. The summed E-state index contributed by atoms with van der Waals surface area (Å²) in [6.45, 7) is 4.91. The van der Waals surface area contributed by atoms with E-state index in [1.54, 1.807) is 0 Å². The van der Waals surface area contributed by atoms with Crippen LogP contribution in [0.25, 0.3) is 0 Å². The lowest BCUT2D eigenvalue weighted by Crippen LogP contribution is -2.32. The monoisotopic (exact) mass is 126 g/mol. The van der Waals surface area contributed by atoms with Crippen molar-refractivity contribution in [3.05, 3.63) is 0 Å². The molecule has 0 aromatic heterocycles. The van der Waals surface area contributed by atoms with E-state index in [4.69, 9.17) is 0 Å². The third kappa shape index (κ3) is 2.87. The van der Waals surface area contributed by atoms with Crippen molar-refractivity contribution in [3.63, 3.8) is 0 Å². The Morgan fingerprint density at radius 3 is 2.22 bits per heavy atom. The zero-order valence-corrected chi connectivity index (χ0v) is 6.19. The Morgan fingerprint density at radius 1 is 1.11 bits per heavy atom. The van der Waals surface area contributed by atoms with Crippen LogP contribution < -0.4 is 5.32 Å². The average Bonchev–Trinajstić information content (AvgIpc) is 1.79. The molecule has 0 spiro atoms. The van der Waals surface area contributed by atoms with Gasteiger partial charge in [-0.05, 0) is 39.0 Å². The molecule has 0 aromatic carbocycles. The highest BCUT2D eigenvalue weighted by molar-refractivity contribution is 6.04. The molecule has 3 heteroatoms. The second-order valence-electron chi connectivity index (χ2n) is 2.76. The van der Waals surface area contributed by atoms with Gasteiger partial charge in [0.05, 0.1) is 0 Å². The first-order valence-corrected chi connectivity index (χ1v) is 3.79. The van der Waals surface area contributed by atoms with Crippen molar-refractivity contribution in [3.8, 4) is 0 Å². The third-order valence-electron chi connectivity index (χ3n) is 1.79. The fraction of sp³-hybridized carbons (Fsp3) is 1.00. The third-order valence-corrected chi connectivity index (χ3v) is 1.79. The molecule has 0 unspecified atom stereocenters. The number of nitrogens with zero attached hydrogens (tertiary/aromatic N) is 1. The number of hydrogen-bond acceptors (Lipinski definition) is 2. The summed E-state index contributed by atoms with van der Waals surface area (Å²) in [7, 11) is 2.20. The van der Waals surface area contributed by atoms with Crippen molar-refractivity contribution in [2.75, 3.05) is 26.2 Å². The van der Waals surface area contributed by atoms with Crippen LogP contribution in [0.15, 0.2) is 0 Å². The van der Waals surface area contributed by atoms with Crippen LogP contribution in [0, 0.1) is 0 Å². The van der Waals surface area contributed by atoms with E-state index in [1.165, 1.54) is 39.0 Å². The summed E-state index contributed by atoms with van der Waals surface area (Å²) in [5, 5.41) is 3.38. The molecule has 52 valence electrons. The van der Waals surface area contributed by atoms with E-state index in [2.05, 4.69) is 18.1 Å². The Morgan fingerprint density at radius 2 is 1.67 bits per heavy atom. The molecule has 0 radical (unpaired) electrons. The highest BCUT2D eigenvalue weighted by atomic mass is 15.0. The fourth-order valence-corrected chi connectivity index (χ4v) is 1.18. The van der Waals surface area contributed by atoms with Crippen LogP contribution in [-0.4, -0.2) is 39.0 Å². The highest BCUT2D eigenvalue weighted by Gasteiger charge is 2.00. The molecular formula is C6H15BN2. The minimum Gasteiger partial charge on any atom is -0.349 e. The van der Waals surface area contributed by atoms with Crippen LogP contribution >= 0.6 is 0 Å². The van der Waals surface area contributed by atoms with Gasteiger partial charge in [-0.25, -0.2) is 0 Å². The predicted molar refractivity (Wildman–Crippen MR) is 42.2 cm³/mol. The van der Waals surface area contributed by atoms with Gasteiger partial charge < -0.3 is 10.1 Å². The molecule has 1 saturated heterocycles. The first-order valence-electron chi connectivity index (χ1n) is 3.79. The maximum Gasteiger partial charge on any atom is 0.185 e. The van der Waals surface area contributed by atoms with E-state index in [0.717, 1.165) is 0 Å². The summed E-state index contributed by atoms with van der Waals surface area (Å²) in [6.07, 6.45) is 2.60. The molecule has 0 amide bonds. The standard InChI is InChI=1S/C6H15BN2/c7-9-5-1-3-8-4-2-6-9/h8H,1-7H2. The van der Waals surface area contributed by atoms with Crippen molar-refractivity contribution in [1.82, 2.24) is 10.1 Å². The molecule has 0 saturated carbocycles. The summed E-state index contributed by atoms with van der Waals surface area (Å²) in [4.78, 5) is 2.40. The zero-order valence-electron chi connectivity index (χ0n) is 6.19. The molecular weight excluding hydrogens is 111 g/mol. The Labute approximate surface area is 58.0 Å². The van der Waals surface area contributed by atoms with Crippen LogP contribution in [-0.2, 0) is 0 Å². The molecule has 2 nitrogen and oxygen atoms in total. The molecule has 1 fully saturated rings. The van der Waals surface area contributed by atoms with E-state index in [0.29, 0.717) is 0 Å². The zero-order chi connectivity index (χ0) is 6.53. The van der Waals surface area contributed by atoms with Gasteiger partial charge in [-0.1, -0.05) is 0 Å². The Balaban J connectivity index is 2.12. The molecule has 1 aliphatic rings. The molecule has 0 bridgehead atoms. The van der Waals surface area contributed by atoms with Crippen molar-refractivity contribution in [2.45, 2.75) is 12.8 Å². The van der Waals surface area contributed by atoms with Crippen molar-refractivity contribution in [2.24, 2.45) is 0 Å². The molecule has 0 aliphatic carbocycles. The second-order valence-corrected chi connectivity index (χ2v) is 2.76. The smallest absolute Gasteiger partial charge is 0.185 e.